The average molecular weight is 238 g/mol. The molecule has 1 aliphatic heterocycles. The van der Waals surface area contributed by atoms with Crippen LogP contribution in [-0.2, 0) is 5.41 Å². The fraction of sp³-hybridized carbons (Fsp3) is 0.364. The van der Waals surface area contributed by atoms with Gasteiger partial charge >= 0.3 is 0 Å². The van der Waals surface area contributed by atoms with Crippen LogP contribution in [0.5, 0.6) is 0 Å². The van der Waals surface area contributed by atoms with Crippen LogP contribution in [0, 0.1) is 0 Å². The van der Waals surface area contributed by atoms with Gasteiger partial charge in [-0.1, -0.05) is 29.8 Å². The molecule has 68 valence electrons. The first kappa shape index (κ1) is 8.95. The highest BCUT2D eigenvalue weighted by molar-refractivity contribution is 9.10. The largest absolute Gasteiger partial charge is 0.257 e. The van der Waals surface area contributed by atoms with Crippen molar-refractivity contribution >= 4 is 27.3 Å². The van der Waals surface area contributed by atoms with E-state index in [-0.39, 0.29) is 5.41 Å². The molecule has 1 aliphatic rings. The summed E-state index contributed by atoms with van der Waals surface area (Å²) in [4.78, 5) is 4.54. The maximum Gasteiger partial charge on any atom is 0.0671 e. The molecule has 0 aromatic heterocycles. The summed E-state index contributed by atoms with van der Waals surface area (Å²) in [6, 6.07) is 6.27. The number of nitrogens with zero attached hydrogens (tertiary/aromatic N) is 1. The number of benzene rings is 1. The van der Waals surface area contributed by atoms with Crippen molar-refractivity contribution in [3.05, 3.63) is 28.2 Å². The predicted molar refractivity (Wildman–Crippen MR) is 59.9 cm³/mol. The van der Waals surface area contributed by atoms with Crippen LogP contribution in [0.4, 0.5) is 5.69 Å². The van der Waals surface area contributed by atoms with Crippen molar-refractivity contribution in [3.63, 3.8) is 0 Å². The Morgan fingerprint density at radius 1 is 1.31 bits per heavy atom. The molecule has 0 N–H and O–H groups in total. The smallest absolute Gasteiger partial charge is 0.0671 e. The first-order chi connectivity index (χ1) is 6.01. The molecule has 1 heterocycles. The van der Waals surface area contributed by atoms with E-state index in [1.54, 1.807) is 0 Å². The monoisotopic (exact) mass is 237 g/mol. The number of hydrogen-bond donors (Lipinski definition) is 0. The molecule has 0 atom stereocenters. The minimum absolute atomic E-state index is 0.0963. The second-order valence-corrected chi connectivity index (χ2v) is 4.90. The molecule has 0 bridgehead atoms. The first-order valence-corrected chi connectivity index (χ1v) is 5.17. The van der Waals surface area contributed by atoms with Gasteiger partial charge in [-0.15, -0.1) is 0 Å². The highest BCUT2D eigenvalue weighted by Crippen LogP contribution is 2.40. The lowest BCUT2D eigenvalue weighted by molar-refractivity contribution is 0.733. The van der Waals surface area contributed by atoms with E-state index in [0.29, 0.717) is 0 Å². The summed E-state index contributed by atoms with van der Waals surface area (Å²) in [5.41, 5.74) is 3.73. The lowest BCUT2D eigenvalue weighted by Gasteiger charge is -2.19. The number of halogens is 1. The molecule has 0 saturated carbocycles. The van der Waals surface area contributed by atoms with Crippen LogP contribution in [-0.4, -0.2) is 5.71 Å². The van der Waals surface area contributed by atoms with Crippen LogP contribution in [0.25, 0.3) is 0 Å². The van der Waals surface area contributed by atoms with Gasteiger partial charge in [0.25, 0.3) is 0 Å². The van der Waals surface area contributed by atoms with Gasteiger partial charge in [-0.25, -0.2) is 0 Å². The number of rotatable bonds is 0. The van der Waals surface area contributed by atoms with Gasteiger partial charge in [-0.05, 0) is 30.7 Å². The van der Waals surface area contributed by atoms with Crippen LogP contribution in [0.2, 0.25) is 0 Å². The van der Waals surface area contributed by atoms with Crippen molar-refractivity contribution in [1.29, 1.82) is 0 Å². The fourth-order valence-electron chi connectivity index (χ4n) is 1.62. The standard InChI is InChI=1S/C11H12BrN/c1-7-11(2,3)9-6-8(12)4-5-10(9)13-7/h4-6H,1-3H3. The van der Waals surface area contributed by atoms with Gasteiger partial charge in [-0.3, -0.25) is 4.99 Å². The van der Waals surface area contributed by atoms with Crippen molar-refractivity contribution in [3.8, 4) is 0 Å². The molecule has 0 spiro atoms. The molecule has 1 aromatic carbocycles. The first-order valence-electron chi connectivity index (χ1n) is 4.37. The van der Waals surface area contributed by atoms with Crippen LogP contribution < -0.4 is 0 Å². The second-order valence-electron chi connectivity index (χ2n) is 3.98. The van der Waals surface area contributed by atoms with E-state index in [0.717, 1.165) is 10.2 Å². The quantitative estimate of drug-likeness (QED) is 0.651. The van der Waals surface area contributed by atoms with Gasteiger partial charge in [0.15, 0.2) is 0 Å². The normalized spacial score (nSPS) is 18.3. The third kappa shape index (κ3) is 1.24. The molecule has 0 fully saturated rings. The number of hydrogen-bond acceptors (Lipinski definition) is 1. The Morgan fingerprint density at radius 3 is 2.69 bits per heavy atom. The Kier molecular flexibility index (Phi) is 1.84. The van der Waals surface area contributed by atoms with Gasteiger partial charge in [0.2, 0.25) is 0 Å². The fourth-order valence-corrected chi connectivity index (χ4v) is 1.98. The van der Waals surface area contributed by atoms with Gasteiger partial charge < -0.3 is 0 Å². The van der Waals surface area contributed by atoms with Crippen LogP contribution in [0.15, 0.2) is 27.7 Å². The molecule has 0 radical (unpaired) electrons. The number of aliphatic imine (C=N–C) groups is 1. The zero-order valence-corrected chi connectivity index (χ0v) is 9.64. The van der Waals surface area contributed by atoms with Crippen molar-refractivity contribution in [2.45, 2.75) is 26.2 Å². The van der Waals surface area contributed by atoms with E-state index >= 15 is 0 Å². The summed E-state index contributed by atoms with van der Waals surface area (Å²) in [5, 5.41) is 0. The van der Waals surface area contributed by atoms with Gasteiger partial charge in [-0.2, -0.15) is 0 Å². The van der Waals surface area contributed by atoms with Crippen LogP contribution >= 0.6 is 15.9 Å². The van der Waals surface area contributed by atoms with Crippen LogP contribution in [0.1, 0.15) is 26.3 Å². The summed E-state index contributed by atoms with van der Waals surface area (Å²) < 4.78 is 1.13. The van der Waals surface area contributed by atoms with Gasteiger partial charge in [0.05, 0.1) is 5.69 Å². The van der Waals surface area contributed by atoms with Crippen molar-refractivity contribution in [1.82, 2.24) is 0 Å². The lowest BCUT2D eigenvalue weighted by atomic mass is 9.82. The number of fused-ring (bicyclic) bond motifs is 1. The van der Waals surface area contributed by atoms with E-state index in [9.17, 15) is 0 Å². The highest BCUT2D eigenvalue weighted by atomic mass is 79.9. The SMILES string of the molecule is CC1=Nc2ccc(Br)cc2C1(C)C. The van der Waals surface area contributed by atoms with E-state index in [1.165, 1.54) is 11.3 Å². The topological polar surface area (TPSA) is 12.4 Å². The molecule has 0 unspecified atom stereocenters. The Bertz CT molecular complexity index is 391. The Hall–Kier alpha value is -0.630. The van der Waals surface area contributed by atoms with E-state index < -0.39 is 0 Å². The second kappa shape index (κ2) is 2.68. The maximum absolute atomic E-state index is 4.54. The molecular formula is C11H12BrN. The maximum atomic E-state index is 4.54. The minimum Gasteiger partial charge on any atom is -0.257 e. The summed E-state index contributed by atoms with van der Waals surface area (Å²) in [5.74, 6) is 0. The van der Waals surface area contributed by atoms with E-state index in [4.69, 9.17) is 0 Å². The average Bonchev–Trinajstić information content (AvgIpc) is 2.27. The molecule has 2 rings (SSSR count). The summed E-state index contributed by atoms with van der Waals surface area (Å²) in [7, 11) is 0. The predicted octanol–water partition coefficient (Wildman–Crippen LogP) is 3.83. The summed E-state index contributed by atoms with van der Waals surface area (Å²) in [6.45, 7) is 6.52. The van der Waals surface area contributed by atoms with Crippen molar-refractivity contribution < 1.29 is 0 Å². The molecule has 1 nitrogen and oxygen atoms in total. The molecule has 13 heavy (non-hydrogen) atoms. The molecule has 0 saturated heterocycles. The summed E-state index contributed by atoms with van der Waals surface area (Å²) in [6.07, 6.45) is 0. The zero-order valence-electron chi connectivity index (χ0n) is 8.06. The van der Waals surface area contributed by atoms with Gasteiger partial charge in [0.1, 0.15) is 0 Å². The molecular weight excluding hydrogens is 226 g/mol. The van der Waals surface area contributed by atoms with Gasteiger partial charge in [0, 0.05) is 15.6 Å². The zero-order chi connectivity index (χ0) is 9.64. The minimum atomic E-state index is 0.0963. The Morgan fingerprint density at radius 2 is 2.00 bits per heavy atom. The highest BCUT2D eigenvalue weighted by Gasteiger charge is 2.31. The van der Waals surface area contributed by atoms with Crippen molar-refractivity contribution in [2.24, 2.45) is 4.99 Å². The van der Waals surface area contributed by atoms with E-state index in [2.05, 4.69) is 53.8 Å². The Labute approximate surface area is 87.0 Å². The third-order valence-corrected chi connectivity index (χ3v) is 3.32. The van der Waals surface area contributed by atoms with E-state index in [1.807, 2.05) is 6.07 Å². The molecule has 0 aliphatic carbocycles. The third-order valence-electron chi connectivity index (χ3n) is 2.82. The molecule has 2 heteroatoms. The summed E-state index contributed by atoms with van der Waals surface area (Å²) >= 11 is 3.49. The molecule has 0 amide bonds. The van der Waals surface area contributed by atoms with Crippen molar-refractivity contribution in [2.75, 3.05) is 0 Å². The lowest BCUT2D eigenvalue weighted by Crippen LogP contribution is -2.22. The molecule has 1 aromatic rings. The Balaban J connectivity index is 2.65. The van der Waals surface area contributed by atoms with Crippen LogP contribution in [0.3, 0.4) is 0 Å².